The number of nitrogens with zero attached hydrogens (tertiary/aromatic N) is 3. The smallest absolute Gasteiger partial charge is 0.265 e. The van der Waals surface area contributed by atoms with Gasteiger partial charge >= 0.3 is 0 Å². The monoisotopic (exact) mass is 600 g/mol. The molecule has 2 saturated heterocycles. The molecule has 3 atom stereocenters. The number of halogens is 1. The molecular formula is C34H37ClN4O2S. The number of aromatic nitrogens is 2. The van der Waals surface area contributed by atoms with Crippen LogP contribution in [0.2, 0.25) is 0 Å². The Morgan fingerprint density at radius 3 is 2.55 bits per heavy atom. The zero-order valence-corrected chi connectivity index (χ0v) is 26.2. The number of hydrogen-bond donors (Lipinski definition) is 1. The van der Waals surface area contributed by atoms with Crippen LogP contribution in [0, 0.1) is 12.8 Å². The van der Waals surface area contributed by atoms with E-state index in [4.69, 9.17) is 16.6 Å². The zero-order valence-electron chi connectivity index (χ0n) is 24.6. The highest BCUT2D eigenvalue weighted by atomic mass is 35.5. The van der Waals surface area contributed by atoms with Gasteiger partial charge in [0.2, 0.25) is 0 Å². The average molecular weight is 601 g/mol. The van der Waals surface area contributed by atoms with Crippen molar-refractivity contribution in [3.8, 4) is 21.8 Å². The molecular weight excluding hydrogens is 564 g/mol. The van der Waals surface area contributed by atoms with E-state index in [1.165, 1.54) is 16.9 Å². The van der Waals surface area contributed by atoms with Crippen molar-refractivity contribution in [1.82, 2.24) is 19.8 Å². The first kappa shape index (κ1) is 28.8. The largest absolute Gasteiger partial charge is 0.335 e. The number of thiazole rings is 1. The topological polar surface area (TPSA) is 67.2 Å². The van der Waals surface area contributed by atoms with Crippen molar-refractivity contribution in [2.45, 2.75) is 65.5 Å². The predicted molar refractivity (Wildman–Crippen MR) is 174 cm³/mol. The summed E-state index contributed by atoms with van der Waals surface area (Å²) in [7, 11) is 0. The van der Waals surface area contributed by atoms with Crippen LogP contribution >= 0.6 is 22.9 Å². The average Bonchev–Trinajstić information content (AvgIpc) is 3.59. The van der Waals surface area contributed by atoms with E-state index in [2.05, 4.69) is 31.3 Å². The highest BCUT2D eigenvalue weighted by Gasteiger charge is 2.36. The van der Waals surface area contributed by atoms with Crippen LogP contribution in [-0.2, 0) is 0 Å². The van der Waals surface area contributed by atoms with E-state index >= 15 is 0 Å². The zero-order chi connectivity index (χ0) is 29.5. The van der Waals surface area contributed by atoms with Gasteiger partial charge in [0.1, 0.15) is 5.01 Å². The van der Waals surface area contributed by atoms with Crippen molar-refractivity contribution < 1.29 is 4.79 Å². The maximum absolute atomic E-state index is 14.6. The Balaban J connectivity index is 1.57. The van der Waals surface area contributed by atoms with Gasteiger partial charge in [0.05, 0.1) is 22.5 Å². The molecule has 0 radical (unpaired) electrons. The summed E-state index contributed by atoms with van der Waals surface area (Å²) in [6.07, 6.45) is 9.61. The molecule has 8 heteroatoms. The molecule has 4 heterocycles. The first-order valence-electron chi connectivity index (χ1n) is 14.8. The molecule has 2 aliphatic heterocycles. The van der Waals surface area contributed by atoms with Gasteiger partial charge in [-0.15, -0.1) is 11.3 Å². The summed E-state index contributed by atoms with van der Waals surface area (Å²) < 4.78 is 1.75. The Morgan fingerprint density at radius 1 is 1.17 bits per heavy atom. The molecule has 1 aliphatic carbocycles. The second kappa shape index (κ2) is 11.8. The summed E-state index contributed by atoms with van der Waals surface area (Å²) in [5, 5.41) is 6.82. The summed E-state index contributed by atoms with van der Waals surface area (Å²) >= 11 is 7.99. The van der Waals surface area contributed by atoms with Gasteiger partial charge in [-0.25, -0.2) is 4.98 Å². The Hall–Kier alpha value is -3.26. The summed E-state index contributed by atoms with van der Waals surface area (Å²) in [6, 6.07) is 10.6. The molecule has 1 aromatic carbocycles. The van der Waals surface area contributed by atoms with Gasteiger partial charge in [-0.3, -0.25) is 14.2 Å². The fourth-order valence-electron chi connectivity index (χ4n) is 6.33. The molecule has 6 rings (SSSR count). The SMILES string of the molecule is CC[C@@H]1CC=C(Cl)C=C1n1c(C=C(C)C)c(C(=O)N2CC3CCC(C2)N3)cc(-c2nc(-c3ccc(C)cc3)cs2)c1=O. The molecule has 1 N–H and O–H groups in total. The third-order valence-corrected chi connectivity index (χ3v) is 9.67. The van der Waals surface area contributed by atoms with E-state index in [1.54, 1.807) is 10.6 Å². The van der Waals surface area contributed by atoms with E-state index in [0.29, 0.717) is 52.0 Å². The van der Waals surface area contributed by atoms with Gasteiger partial charge in [0.15, 0.2) is 0 Å². The molecule has 2 fully saturated rings. The Bertz CT molecular complexity index is 1660. The number of piperazine rings is 1. The molecule has 6 nitrogen and oxygen atoms in total. The minimum absolute atomic E-state index is 0.0442. The number of rotatable bonds is 6. The van der Waals surface area contributed by atoms with E-state index in [1.807, 2.05) is 54.5 Å². The Morgan fingerprint density at radius 2 is 1.88 bits per heavy atom. The first-order valence-corrected chi connectivity index (χ1v) is 16.1. The van der Waals surface area contributed by atoms with Crippen molar-refractivity contribution >= 4 is 40.6 Å². The van der Waals surface area contributed by atoms with Crippen molar-refractivity contribution in [2.75, 3.05) is 13.1 Å². The maximum Gasteiger partial charge on any atom is 0.265 e. The van der Waals surface area contributed by atoms with E-state index in [9.17, 15) is 9.59 Å². The number of fused-ring (bicyclic) bond motifs is 2. The minimum Gasteiger partial charge on any atom is -0.335 e. The summed E-state index contributed by atoms with van der Waals surface area (Å²) in [5.74, 6) is 0.0551. The third-order valence-electron chi connectivity index (χ3n) is 8.53. The quantitative estimate of drug-likeness (QED) is 0.321. The van der Waals surface area contributed by atoms with Crippen molar-refractivity contribution in [3.05, 3.63) is 85.6 Å². The highest BCUT2D eigenvalue weighted by Crippen LogP contribution is 2.35. The molecule has 3 aliphatic rings. The lowest BCUT2D eigenvalue weighted by atomic mass is 9.92. The number of amides is 1. The van der Waals surface area contributed by atoms with Crippen LogP contribution < -0.4 is 10.9 Å². The van der Waals surface area contributed by atoms with E-state index in [0.717, 1.165) is 48.2 Å². The molecule has 2 bridgehead atoms. The summed E-state index contributed by atoms with van der Waals surface area (Å²) in [5.41, 5.74) is 6.22. The number of nitrogens with one attached hydrogen (secondary N) is 1. The van der Waals surface area contributed by atoms with Gasteiger partial charge in [-0.2, -0.15) is 0 Å². The van der Waals surface area contributed by atoms with Gasteiger partial charge in [-0.1, -0.05) is 60.0 Å². The fraction of sp³-hybridized carbons (Fsp3) is 0.382. The molecule has 42 heavy (non-hydrogen) atoms. The van der Waals surface area contributed by atoms with Crippen molar-refractivity contribution in [1.29, 1.82) is 0 Å². The van der Waals surface area contributed by atoms with Crippen LogP contribution in [-0.4, -0.2) is 45.5 Å². The summed E-state index contributed by atoms with van der Waals surface area (Å²) in [6.45, 7) is 9.51. The van der Waals surface area contributed by atoms with E-state index < -0.39 is 0 Å². The second-order valence-corrected chi connectivity index (χ2v) is 13.3. The second-order valence-electron chi connectivity index (χ2n) is 12.0. The van der Waals surface area contributed by atoms with Crippen molar-refractivity contribution in [2.24, 2.45) is 5.92 Å². The molecule has 218 valence electrons. The van der Waals surface area contributed by atoms with Gasteiger partial charge in [0.25, 0.3) is 11.5 Å². The lowest BCUT2D eigenvalue weighted by molar-refractivity contribution is 0.0696. The lowest BCUT2D eigenvalue weighted by Gasteiger charge is -2.34. The molecule has 0 spiro atoms. The Kier molecular flexibility index (Phi) is 8.09. The van der Waals surface area contributed by atoms with Gasteiger partial charge in [-0.05, 0) is 64.7 Å². The van der Waals surface area contributed by atoms with Crippen LogP contribution in [0.3, 0.4) is 0 Å². The number of aryl methyl sites for hydroxylation is 1. The number of carbonyl (C=O) groups is 1. The van der Waals surface area contributed by atoms with Crippen LogP contribution in [0.15, 0.2) is 63.3 Å². The van der Waals surface area contributed by atoms with Crippen LogP contribution in [0.4, 0.5) is 0 Å². The molecule has 1 amide bonds. The molecule has 2 aromatic heterocycles. The number of carbonyl (C=O) groups excluding carboxylic acids is 1. The maximum atomic E-state index is 14.6. The van der Waals surface area contributed by atoms with Crippen molar-refractivity contribution in [3.63, 3.8) is 0 Å². The number of pyridine rings is 1. The summed E-state index contributed by atoms with van der Waals surface area (Å²) in [4.78, 5) is 35.8. The van der Waals surface area contributed by atoms with Crippen LogP contribution in [0.5, 0.6) is 0 Å². The minimum atomic E-state index is -0.180. The number of allylic oxidation sites excluding steroid dienone is 5. The third kappa shape index (κ3) is 5.58. The number of likely N-dealkylation sites (tertiary alicyclic amines) is 1. The van der Waals surface area contributed by atoms with E-state index in [-0.39, 0.29) is 17.4 Å². The fourth-order valence-corrected chi connectivity index (χ4v) is 7.37. The predicted octanol–water partition coefficient (Wildman–Crippen LogP) is 7.34. The Labute approximate surface area is 256 Å². The molecule has 3 aromatic rings. The lowest BCUT2D eigenvalue weighted by Crippen LogP contribution is -2.53. The normalized spacial score (nSPS) is 21.6. The number of hydrogen-bond acceptors (Lipinski definition) is 5. The van der Waals surface area contributed by atoms with Crippen LogP contribution in [0.25, 0.3) is 33.6 Å². The van der Waals surface area contributed by atoms with Crippen LogP contribution in [0.1, 0.15) is 68.1 Å². The van der Waals surface area contributed by atoms with Gasteiger partial charge < -0.3 is 10.2 Å². The highest BCUT2D eigenvalue weighted by molar-refractivity contribution is 7.13. The molecule has 2 unspecified atom stereocenters. The first-order chi connectivity index (χ1) is 20.2. The standard InChI is InChI=1S/C34H37ClN4O2S/c1-5-22-10-11-24(35)15-30(22)39-31(14-20(2)3)27(33(40)38-17-25-12-13-26(18-38)36-25)16-28(34(39)41)32-37-29(19-42-32)23-8-6-21(4)7-9-23/h6-9,11,14-16,19,22,25-26,36H,5,10,12-13,17-18H2,1-4H3/t22-,25?,26?/m1/s1. The molecule has 0 saturated carbocycles. The van der Waals surface area contributed by atoms with Gasteiger partial charge in [0, 0.05) is 52.8 Å². The number of benzene rings is 1.